The van der Waals surface area contributed by atoms with E-state index in [0.29, 0.717) is 23.7 Å². The van der Waals surface area contributed by atoms with Gasteiger partial charge in [0.2, 0.25) is 5.91 Å². The molecule has 1 saturated carbocycles. The number of hydrogen-bond acceptors (Lipinski definition) is 4. The largest absolute Gasteiger partial charge is 0.340 e. The molecule has 1 N–H and O–H groups in total. The van der Waals surface area contributed by atoms with Crippen LogP contribution in [-0.4, -0.2) is 51.9 Å². The fraction of sp³-hybridized carbons (Fsp3) is 0.500. The molecule has 1 saturated heterocycles. The van der Waals surface area contributed by atoms with Gasteiger partial charge in [-0.2, -0.15) is 0 Å². The van der Waals surface area contributed by atoms with Gasteiger partial charge in [-0.25, -0.2) is 4.98 Å². The highest BCUT2D eigenvalue weighted by Gasteiger charge is 2.31. The summed E-state index contributed by atoms with van der Waals surface area (Å²) in [7, 11) is 0. The minimum Gasteiger partial charge on any atom is -0.340 e. The Morgan fingerprint density at radius 3 is 2.62 bits per heavy atom. The van der Waals surface area contributed by atoms with E-state index in [1.54, 1.807) is 6.07 Å². The molecular formula is C18H22N4O2. The molecule has 0 radical (unpaired) electrons. The molecule has 2 aromatic rings. The fourth-order valence-electron chi connectivity index (χ4n) is 3.46. The van der Waals surface area contributed by atoms with E-state index < -0.39 is 0 Å². The van der Waals surface area contributed by atoms with Gasteiger partial charge in [0.1, 0.15) is 5.82 Å². The van der Waals surface area contributed by atoms with Crippen LogP contribution in [-0.2, 0) is 11.3 Å². The molecule has 6 nitrogen and oxygen atoms in total. The molecule has 0 spiro atoms. The number of carbonyl (C=O) groups is 1. The second-order valence-corrected chi connectivity index (χ2v) is 6.76. The summed E-state index contributed by atoms with van der Waals surface area (Å²) in [6.45, 7) is 3.82. The molecule has 2 fully saturated rings. The predicted molar refractivity (Wildman–Crippen MR) is 91.6 cm³/mol. The Balaban J connectivity index is 1.40. The Hall–Kier alpha value is -2.21. The first kappa shape index (κ1) is 15.3. The molecule has 2 aliphatic rings. The quantitative estimate of drug-likeness (QED) is 0.925. The maximum Gasteiger partial charge on any atom is 0.258 e. The van der Waals surface area contributed by atoms with Crippen molar-refractivity contribution in [3.05, 3.63) is 40.4 Å². The number of rotatable bonds is 3. The van der Waals surface area contributed by atoms with Crippen LogP contribution >= 0.6 is 0 Å². The number of nitrogens with zero attached hydrogens (tertiary/aromatic N) is 3. The zero-order valence-electron chi connectivity index (χ0n) is 13.7. The third-order valence-electron chi connectivity index (χ3n) is 5.17. The van der Waals surface area contributed by atoms with E-state index in [9.17, 15) is 9.59 Å². The summed E-state index contributed by atoms with van der Waals surface area (Å²) in [5, 5.41) is 0.622. The number of aromatic amines is 1. The summed E-state index contributed by atoms with van der Waals surface area (Å²) < 4.78 is 0. The van der Waals surface area contributed by atoms with Crippen molar-refractivity contribution in [2.75, 3.05) is 26.2 Å². The third kappa shape index (κ3) is 2.94. The summed E-state index contributed by atoms with van der Waals surface area (Å²) >= 11 is 0. The van der Waals surface area contributed by atoms with Crippen LogP contribution in [0.2, 0.25) is 0 Å². The van der Waals surface area contributed by atoms with Gasteiger partial charge in [-0.15, -0.1) is 0 Å². The molecule has 0 unspecified atom stereocenters. The number of piperazine rings is 1. The monoisotopic (exact) mass is 326 g/mol. The third-order valence-corrected chi connectivity index (χ3v) is 5.17. The Bertz CT molecular complexity index is 804. The highest BCUT2D eigenvalue weighted by Crippen LogP contribution is 2.28. The van der Waals surface area contributed by atoms with Crippen LogP contribution in [0.4, 0.5) is 0 Å². The van der Waals surface area contributed by atoms with Crippen LogP contribution in [0.5, 0.6) is 0 Å². The van der Waals surface area contributed by atoms with E-state index in [-0.39, 0.29) is 11.5 Å². The molecule has 1 amide bonds. The van der Waals surface area contributed by atoms with Gasteiger partial charge in [0.25, 0.3) is 5.56 Å². The summed E-state index contributed by atoms with van der Waals surface area (Å²) in [6, 6.07) is 7.39. The Morgan fingerprint density at radius 2 is 1.92 bits per heavy atom. The number of amides is 1. The zero-order chi connectivity index (χ0) is 16.5. The van der Waals surface area contributed by atoms with Gasteiger partial charge in [0.05, 0.1) is 17.4 Å². The van der Waals surface area contributed by atoms with E-state index in [2.05, 4.69) is 14.9 Å². The van der Waals surface area contributed by atoms with Crippen molar-refractivity contribution in [1.82, 2.24) is 19.8 Å². The van der Waals surface area contributed by atoms with Crippen molar-refractivity contribution in [1.29, 1.82) is 0 Å². The second-order valence-electron chi connectivity index (χ2n) is 6.76. The van der Waals surface area contributed by atoms with Gasteiger partial charge < -0.3 is 9.88 Å². The molecular weight excluding hydrogens is 304 g/mol. The minimum atomic E-state index is -0.0885. The smallest absolute Gasteiger partial charge is 0.258 e. The standard InChI is InChI=1S/C18H22N4O2/c23-17-14-6-1-2-7-15(14)19-16(20-17)12-21-8-10-22(11-9-21)18(24)13-4-3-5-13/h1-2,6-7,13H,3-5,8-12H2,(H,19,20,23). The Morgan fingerprint density at radius 1 is 1.17 bits per heavy atom. The topological polar surface area (TPSA) is 69.3 Å². The number of aromatic nitrogens is 2. The summed E-state index contributed by atoms with van der Waals surface area (Å²) in [5.74, 6) is 1.30. The molecule has 4 rings (SSSR count). The van der Waals surface area contributed by atoms with Crippen LogP contribution in [0.3, 0.4) is 0 Å². The van der Waals surface area contributed by atoms with Crippen molar-refractivity contribution in [3.63, 3.8) is 0 Å². The van der Waals surface area contributed by atoms with Crippen molar-refractivity contribution in [2.24, 2.45) is 5.92 Å². The van der Waals surface area contributed by atoms with E-state index in [0.717, 1.165) is 44.5 Å². The van der Waals surface area contributed by atoms with Crippen molar-refractivity contribution >= 4 is 16.8 Å². The lowest BCUT2D eigenvalue weighted by atomic mass is 9.84. The van der Waals surface area contributed by atoms with Crippen molar-refractivity contribution in [3.8, 4) is 0 Å². The molecule has 1 aliphatic heterocycles. The number of hydrogen-bond donors (Lipinski definition) is 1. The summed E-state index contributed by atoms with van der Waals surface area (Å²) in [4.78, 5) is 36.1. The predicted octanol–water partition coefficient (Wildman–Crippen LogP) is 1.37. The van der Waals surface area contributed by atoms with Crippen LogP contribution in [0.25, 0.3) is 10.9 Å². The molecule has 0 atom stereocenters. The molecule has 1 aromatic heterocycles. The van der Waals surface area contributed by atoms with Gasteiger partial charge in [-0.05, 0) is 25.0 Å². The number of fused-ring (bicyclic) bond motifs is 1. The number of para-hydroxylation sites is 1. The van der Waals surface area contributed by atoms with Crippen molar-refractivity contribution < 1.29 is 4.79 Å². The molecule has 126 valence electrons. The lowest BCUT2D eigenvalue weighted by Crippen LogP contribution is -2.50. The lowest BCUT2D eigenvalue weighted by molar-refractivity contribution is -0.140. The summed E-state index contributed by atoms with van der Waals surface area (Å²) in [5.41, 5.74) is 0.643. The lowest BCUT2D eigenvalue weighted by Gasteiger charge is -2.38. The maximum atomic E-state index is 12.3. The van der Waals surface area contributed by atoms with E-state index in [1.165, 1.54) is 6.42 Å². The number of carbonyl (C=O) groups excluding carboxylic acids is 1. The molecule has 6 heteroatoms. The van der Waals surface area contributed by atoms with Gasteiger partial charge in [-0.1, -0.05) is 18.6 Å². The molecule has 1 aromatic carbocycles. The van der Waals surface area contributed by atoms with Gasteiger partial charge in [0.15, 0.2) is 0 Å². The number of nitrogens with one attached hydrogen (secondary N) is 1. The van der Waals surface area contributed by atoms with E-state index >= 15 is 0 Å². The van der Waals surface area contributed by atoms with Gasteiger partial charge in [0, 0.05) is 32.1 Å². The average Bonchev–Trinajstić information content (AvgIpc) is 2.54. The first-order valence-corrected chi connectivity index (χ1v) is 8.70. The van der Waals surface area contributed by atoms with Crippen LogP contribution in [0.1, 0.15) is 25.1 Å². The van der Waals surface area contributed by atoms with Crippen molar-refractivity contribution in [2.45, 2.75) is 25.8 Å². The van der Waals surface area contributed by atoms with Crippen LogP contribution in [0, 0.1) is 5.92 Å². The second kappa shape index (κ2) is 6.36. The number of benzene rings is 1. The number of H-pyrrole nitrogens is 1. The maximum absolute atomic E-state index is 12.3. The molecule has 24 heavy (non-hydrogen) atoms. The van der Waals surface area contributed by atoms with Crippen LogP contribution in [0.15, 0.2) is 29.1 Å². The first-order chi connectivity index (χ1) is 11.7. The van der Waals surface area contributed by atoms with E-state index in [4.69, 9.17) is 0 Å². The zero-order valence-corrected chi connectivity index (χ0v) is 13.7. The Kier molecular flexibility index (Phi) is 4.06. The normalized spacial score (nSPS) is 19.4. The van der Waals surface area contributed by atoms with Crippen LogP contribution < -0.4 is 5.56 Å². The first-order valence-electron chi connectivity index (χ1n) is 8.70. The SMILES string of the molecule is O=C(C1CCC1)N1CCN(Cc2nc3ccccc3c(=O)[nH]2)CC1. The molecule has 0 bridgehead atoms. The highest BCUT2D eigenvalue weighted by atomic mass is 16.2. The Labute approximate surface area is 140 Å². The summed E-state index contributed by atoms with van der Waals surface area (Å²) in [6.07, 6.45) is 3.31. The fourth-order valence-corrected chi connectivity index (χ4v) is 3.46. The highest BCUT2D eigenvalue weighted by molar-refractivity contribution is 5.79. The minimum absolute atomic E-state index is 0.0885. The van der Waals surface area contributed by atoms with Gasteiger partial charge in [-0.3, -0.25) is 14.5 Å². The average molecular weight is 326 g/mol. The van der Waals surface area contributed by atoms with Gasteiger partial charge >= 0.3 is 0 Å². The molecule has 2 heterocycles. The molecule has 1 aliphatic carbocycles. The van der Waals surface area contributed by atoms with E-state index in [1.807, 2.05) is 23.1 Å².